The third kappa shape index (κ3) is 4.65. The van der Waals surface area contributed by atoms with Crippen LogP contribution in [0.2, 0.25) is 0 Å². The van der Waals surface area contributed by atoms with Crippen molar-refractivity contribution in [2.45, 2.75) is 6.54 Å². The lowest BCUT2D eigenvalue weighted by atomic mass is 10.0. The number of nitrogens with zero attached hydrogens (tertiary/aromatic N) is 3. The SMILES string of the molecule is COC(=O)c1c(-c2ccccc2)csc1NC(=O)CN(C)Cc1cnn(C)c1. The van der Waals surface area contributed by atoms with Crippen LogP contribution in [0.3, 0.4) is 0 Å². The highest BCUT2D eigenvalue weighted by Crippen LogP contribution is 2.36. The summed E-state index contributed by atoms with van der Waals surface area (Å²) < 4.78 is 6.66. The van der Waals surface area contributed by atoms with Gasteiger partial charge in [-0.25, -0.2) is 4.79 Å². The Labute approximate surface area is 167 Å². The molecule has 7 nitrogen and oxygen atoms in total. The van der Waals surface area contributed by atoms with E-state index in [-0.39, 0.29) is 12.5 Å². The number of anilines is 1. The Hall–Kier alpha value is -2.97. The van der Waals surface area contributed by atoms with Gasteiger partial charge in [-0.1, -0.05) is 30.3 Å². The number of likely N-dealkylation sites (N-methyl/N-ethyl adjacent to an activating group) is 1. The molecule has 0 saturated carbocycles. The Kier molecular flexibility index (Phi) is 6.23. The van der Waals surface area contributed by atoms with Gasteiger partial charge in [-0.2, -0.15) is 5.10 Å². The van der Waals surface area contributed by atoms with Crippen LogP contribution >= 0.6 is 11.3 Å². The zero-order valence-corrected chi connectivity index (χ0v) is 16.8. The molecule has 0 aliphatic rings. The van der Waals surface area contributed by atoms with Crippen LogP contribution in [0.1, 0.15) is 15.9 Å². The molecule has 3 rings (SSSR count). The van der Waals surface area contributed by atoms with E-state index in [4.69, 9.17) is 4.74 Å². The molecule has 2 aromatic heterocycles. The maximum Gasteiger partial charge on any atom is 0.341 e. The first-order valence-corrected chi connectivity index (χ1v) is 9.57. The van der Waals surface area contributed by atoms with Crippen LogP contribution in [0.4, 0.5) is 5.00 Å². The van der Waals surface area contributed by atoms with Crippen molar-refractivity contribution in [3.05, 3.63) is 59.2 Å². The molecule has 0 fully saturated rings. The third-order valence-corrected chi connectivity index (χ3v) is 5.04. The van der Waals surface area contributed by atoms with Gasteiger partial charge in [0.15, 0.2) is 0 Å². The maximum atomic E-state index is 12.5. The monoisotopic (exact) mass is 398 g/mol. The van der Waals surface area contributed by atoms with E-state index in [0.717, 1.165) is 16.7 Å². The zero-order valence-electron chi connectivity index (χ0n) is 16.0. The van der Waals surface area contributed by atoms with Crippen molar-refractivity contribution in [3.8, 4) is 11.1 Å². The number of aromatic nitrogens is 2. The summed E-state index contributed by atoms with van der Waals surface area (Å²) in [5, 5.41) is 9.33. The topological polar surface area (TPSA) is 76.5 Å². The Morgan fingerprint density at radius 1 is 1.29 bits per heavy atom. The molecular formula is C20H22N4O3S. The highest BCUT2D eigenvalue weighted by molar-refractivity contribution is 7.15. The lowest BCUT2D eigenvalue weighted by molar-refractivity contribution is -0.117. The summed E-state index contributed by atoms with van der Waals surface area (Å²) in [7, 11) is 5.05. The molecule has 1 amide bonds. The van der Waals surface area contributed by atoms with Crippen molar-refractivity contribution in [2.75, 3.05) is 26.0 Å². The van der Waals surface area contributed by atoms with Gasteiger partial charge in [-0.3, -0.25) is 14.4 Å². The standard InChI is InChI=1S/C20H22N4O3S/c1-23(10-14-9-21-24(2)11-14)12-17(25)22-19-18(20(26)27-3)16(13-28-19)15-7-5-4-6-8-15/h4-9,11,13H,10,12H2,1-3H3,(H,22,25). The highest BCUT2D eigenvalue weighted by atomic mass is 32.1. The van der Waals surface area contributed by atoms with Gasteiger partial charge in [0.05, 0.1) is 19.9 Å². The first kappa shape index (κ1) is 19.8. The molecule has 28 heavy (non-hydrogen) atoms. The number of thiophene rings is 1. The van der Waals surface area contributed by atoms with Crippen molar-refractivity contribution in [2.24, 2.45) is 7.05 Å². The molecule has 2 heterocycles. The Morgan fingerprint density at radius 2 is 2.04 bits per heavy atom. The second-order valence-electron chi connectivity index (χ2n) is 6.45. The summed E-state index contributed by atoms with van der Waals surface area (Å²) in [5.74, 6) is -0.669. The number of benzene rings is 1. The lowest BCUT2D eigenvalue weighted by Crippen LogP contribution is -2.30. The number of carbonyl (C=O) groups is 2. The minimum atomic E-state index is -0.473. The minimum absolute atomic E-state index is 0.189. The summed E-state index contributed by atoms with van der Waals surface area (Å²) in [4.78, 5) is 26.7. The molecule has 8 heteroatoms. The number of amides is 1. The molecule has 1 N–H and O–H groups in total. The number of hydrogen-bond donors (Lipinski definition) is 1. The number of esters is 1. The van der Waals surface area contributed by atoms with Gasteiger partial charge >= 0.3 is 5.97 Å². The van der Waals surface area contributed by atoms with Crippen LogP contribution in [-0.4, -0.2) is 47.3 Å². The van der Waals surface area contributed by atoms with Gasteiger partial charge in [-0.15, -0.1) is 11.3 Å². The van der Waals surface area contributed by atoms with Gasteiger partial charge in [0.2, 0.25) is 5.91 Å². The van der Waals surface area contributed by atoms with Gasteiger partial charge in [0.25, 0.3) is 0 Å². The average molecular weight is 398 g/mol. The molecule has 1 aromatic carbocycles. The number of carbonyl (C=O) groups excluding carboxylic acids is 2. The van der Waals surface area contributed by atoms with Gasteiger partial charge in [0.1, 0.15) is 10.6 Å². The second-order valence-corrected chi connectivity index (χ2v) is 7.33. The van der Waals surface area contributed by atoms with E-state index in [1.54, 1.807) is 10.9 Å². The number of rotatable bonds is 7. The maximum absolute atomic E-state index is 12.5. The van der Waals surface area contributed by atoms with Gasteiger partial charge < -0.3 is 10.1 Å². The van der Waals surface area contributed by atoms with E-state index in [2.05, 4.69) is 10.4 Å². The first-order valence-electron chi connectivity index (χ1n) is 8.69. The molecule has 0 saturated heterocycles. The summed E-state index contributed by atoms with van der Waals surface area (Å²) in [6.07, 6.45) is 3.68. The van der Waals surface area contributed by atoms with E-state index < -0.39 is 5.97 Å². The van der Waals surface area contributed by atoms with Crippen LogP contribution in [0, 0.1) is 0 Å². The van der Waals surface area contributed by atoms with Crippen molar-refractivity contribution in [3.63, 3.8) is 0 Å². The highest BCUT2D eigenvalue weighted by Gasteiger charge is 2.22. The molecule has 0 spiro atoms. The molecule has 0 atom stereocenters. The molecule has 3 aromatic rings. The van der Waals surface area contributed by atoms with E-state index in [1.165, 1.54) is 18.4 Å². The fraction of sp³-hybridized carbons (Fsp3) is 0.250. The average Bonchev–Trinajstić information content (AvgIpc) is 3.27. The number of aryl methyl sites for hydroxylation is 1. The molecule has 0 aliphatic carbocycles. The van der Waals surface area contributed by atoms with E-state index in [9.17, 15) is 9.59 Å². The summed E-state index contributed by atoms with van der Waals surface area (Å²) in [5.41, 5.74) is 3.04. The lowest BCUT2D eigenvalue weighted by Gasteiger charge is -2.15. The Morgan fingerprint density at radius 3 is 2.68 bits per heavy atom. The number of ether oxygens (including phenoxy) is 1. The predicted octanol–water partition coefficient (Wildman–Crippen LogP) is 3.01. The molecule has 0 radical (unpaired) electrons. The van der Waals surface area contributed by atoms with Crippen molar-refractivity contribution in [1.82, 2.24) is 14.7 Å². The summed E-state index contributed by atoms with van der Waals surface area (Å²) in [6, 6.07) is 9.55. The predicted molar refractivity (Wildman–Crippen MR) is 109 cm³/mol. The van der Waals surface area contributed by atoms with Crippen LogP contribution in [0.15, 0.2) is 48.1 Å². The van der Waals surface area contributed by atoms with Crippen LogP contribution < -0.4 is 5.32 Å². The molecule has 0 bridgehead atoms. The molecule has 0 aliphatic heterocycles. The smallest absolute Gasteiger partial charge is 0.341 e. The molecule has 0 unspecified atom stereocenters. The van der Waals surface area contributed by atoms with E-state index in [0.29, 0.717) is 17.1 Å². The fourth-order valence-electron chi connectivity index (χ4n) is 2.92. The molecular weight excluding hydrogens is 376 g/mol. The minimum Gasteiger partial charge on any atom is -0.465 e. The summed E-state index contributed by atoms with van der Waals surface area (Å²) in [6.45, 7) is 0.791. The first-order chi connectivity index (χ1) is 13.5. The second kappa shape index (κ2) is 8.81. The van der Waals surface area contributed by atoms with E-state index in [1.807, 2.05) is 60.9 Å². The number of nitrogens with one attached hydrogen (secondary N) is 1. The normalized spacial score (nSPS) is 10.9. The van der Waals surface area contributed by atoms with Crippen LogP contribution in [0.25, 0.3) is 11.1 Å². The van der Waals surface area contributed by atoms with Crippen molar-refractivity contribution >= 4 is 28.2 Å². The fourth-order valence-corrected chi connectivity index (χ4v) is 3.89. The Balaban J connectivity index is 1.73. The van der Waals surface area contributed by atoms with Gasteiger partial charge in [-0.05, 0) is 12.6 Å². The zero-order chi connectivity index (χ0) is 20.1. The van der Waals surface area contributed by atoms with Crippen LogP contribution in [-0.2, 0) is 23.1 Å². The third-order valence-electron chi connectivity index (χ3n) is 4.14. The quantitative estimate of drug-likeness (QED) is 0.619. The summed E-state index contributed by atoms with van der Waals surface area (Å²) >= 11 is 1.31. The van der Waals surface area contributed by atoms with Crippen molar-refractivity contribution in [1.29, 1.82) is 0 Å². The van der Waals surface area contributed by atoms with Crippen LogP contribution in [0.5, 0.6) is 0 Å². The van der Waals surface area contributed by atoms with Gasteiger partial charge in [0, 0.05) is 36.3 Å². The Bertz CT molecular complexity index is 965. The van der Waals surface area contributed by atoms with E-state index >= 15 is 0 Å². The van der Waals surface area contributed by atoms with Crippen molar-refractivity contribution < 1.29 is 14.3 Å². The largest absolute Gasteiger partial charge is 0.465 e. The molecule has 146 valence electrons. The number of hydrogen-bond acceptors (Lipinski definition) is 6. The number of methoxy groups -OCH3 is 1.